The number of carbonyl (C=O) groups excluding carboxylic acids is 3. The third-order valence-electron chi connectivity index (χ3n) is 4.83. The fourth-order valence-electron chi connectivity index (χ4n) is 3.17. The van der Waals surface area contributed by atoms with E-state index in [1.54, 1.807) is 17.7 Å². The molecule has 0 aliphatic carbocycles. The first kappa shape index (κ1) is 21.9. The van der Waals surface area contributed by atoms with Gasteiger partial charge in [-0.15, -0.1) is 5.10 Å². The van der Waals surface area contributed by atoms with Crippen molar-refractivity contribution in [3.05, 3.63) is 76.6 Å². The summed E-state index contributed by atoms with van der Waals surface area (Å²) in [6.45, 7) is 4.15. The molecule has 0 atom stereocenters. The number of benzene rings is 2. The second-order valence-corrected chi connectivity index (χ2v) is 7.05. The molecule has 1 amide bonds. The minimum absolute atomic E-state index is 0.114. The number of Topliss-reactive ketones (excluding diaryl/α,β-unsaturated/α-hetero) is 1. The number of ether oxygens (including phenoxy) is 1. The van der Waals surface area contributed by atoms with Gasteiger partial charge in [0, 0.05) is 17.7 Å². The molecule has 160 valence electrons. The van der Waals surface area contributed by atoms with Crippen LogP contribution in [0.15, 0.2) is 48.5 Å². The predicted octanol–water partition coefficient (Wildman–Crippen LogP) is 3.66. The summed E-state index contributed by atoms with van der Waals surface area (Å²) >= 11 is 0. The Hall–Kier alpha value is -3.81. The molecular formula is C23H24N4O4. The Labute approximate surface area is 180 Å². The van der Waals surface area contributed by atoms with Crippen LogP contribution in [0.1, 0.15) is 62.2 Å². The van der Waals surface area contributed by atoms with Gasteiger partial charge in [-0.3, -0.25) is 9.59 Å². The van der Waals surface area contributed by atoms with Gasteiger partial charge in [0.1, 0.15) is 0 Å². The molecule has 1 N–H and O–H groups in total. The van der Waals surface area contributed by atoms with Gasteiger partial charge in [-0.2, -0.15) is 0 Å². The van der Waals surface area contributed by atoms with Gasteiger partial charge in [0.15, 0.2) is 11.5 Å². The van der Waals surface area contributed by atoms with Gasteiger partial charge in [-0.05, 0) is 37.1 Å². The molecule has 31 heavy (non-hydrogen) atoms. The van der Waals surface area contributed by atoms with Crippen LogP contribution in [0.25, 0.3) is 0 Å². The van der Waals surface area contributed by atoms with Crippen molar-refractivity contribution in [3.63, 3.8) is 0 Å². The number of ketones is 1. The average molecular weight is 420 g/mol. The molecule has 1 aromatic heterocycles. The molecule has 0 saturated heterocycles. The fraction of sp³-hybridized carbons (Fsp3) is 0.261. The SMILES string of the molecule is CCCC(=O)c1ccc(NC(=O)c2nnn(Cc3ccccc3)c2C)cc1C(=O)OC. The zero-order valence-electron chi connectivity index (χ0n) is 17.7. The van der Waals surface area contributed by atoms with Gasteiger partial charge in [0.2, 0.25) is 0 Å². The molecule has 0 radical (unpaired) electrons. The molecule has 3 rings (SSSR count). The summed E-state index contributed by atoms with van der Waals surface area (Å²) in [4.78, 5) is 37.3. The molecular weight excluding hydrogens is 396 g/mol. The van der Waals surface area contributed by atoms with E-state index in [1.807, 2.05) is 37.3 Å². The van der Waals surface area contributed by atoms with Crippen LogP contribution < -0.4 is 5.32 Å². The smallest absolute Gasteiger partial charge is 0.338 e. The Morgan fingerprint density at radius 3 is 2.48 bits per heavy atom. The van der Waals surface area contributed by atoms with Crippen LogP contribution in [0, 0.1) is 6.92 Å². The summed E-state index contributed by atoms with van der Waals surface area (Å²) in [6.07, 6.45) is 0.981. The van der Waals surface area contributed by atoms with Gasteiger partial charge in [-0.25, -0.2) is 9.48 Å². The van der Waals surface area contributed by atoms with E-state index in [4.69, 9.17) is 4.74 Å². The molecule has 3 aromatic rings. The lowest BCUT2D eigenvalue weighted by atomic mass is 10.00. The highest BCUT2D eigenvalue weighted by Gasteiger charge is 2.20. The second-order valence-electron chi connectivity index (χ2n) is 7.05. The van der Waals surface area contributed by atoms with Gasteiger partial charge in [0.25, 0.3) is 5.91 Å². The minimum Gasteiger partial charge on any atom is -0.465 e. The van der Waals surface area contributed by atoms with Crippen LogP contribution in [-0.2, 0) is 11.3 Å². The van der Waals surface area contributed by atoms with Gasteiger partial charge < -0.3 is 10.1 Å². The summed E-state index contributed by atoms with van der Waals surface area (Å²) in [7, 11) is 1.25. The second kappa shape index (κ2) is 9.80. The molecule has 8 heteroatoms. The largest absolute Gasteiger partial charge is 0.465 e. The van der Waals surface area contributed by atoms with E-state index in [9.17, 15) is 14.4 Å². The standard InChI is InChI=1S/C23H24N4O4/c1-4-8-20(28)18-12-11-17(13-19(18)23(30)31-3)24-22(29)21-15(2)27(26-25-21)14-16-9-6-5-7-10-16/h5-7,9-13H,4,8,14H2,1-3H3,(H,24,29). The van der Waals surface area contributed by atoms with E-state index in [1.165, 1.54) is 19.2 Å². The van der Waals surface area contributed by atoms with Crippen molar-refractivity contribution in [1.82, 2.24) is 15.0 Å². The Balaban J connectivity index is 1.82. The maximum absolute atomic E-state index is 12.8. The van der Waals surface area contributed by atoms with E-state index in [2.05, 4.69) is 15.6 Å². The number of hydrogen-bond acceptors (Lipinski definition) is 6. The molecule has 0 unspecified atom stereocenters. The molecule has 0 aliphatic heterocycles. The lowest BCUT2D eigenvalue weighted by Gasteiger charge is -2.10. The Morgan fingerprint density at radius 2 is 1.81 bits per heavy atom. The summed E-state index contributed by atoms with van der Waals surface area (Å²) in [5, 5.41) is 10.8. The van der Waals surface area contributed by atoms with Crippen molar-refractivity contribution in [2.45, 2.75) is 33.2 Å². The van der Waals surface area contributed by atoms with Crippen LogP contribution in [0.2, 0.25) is 0 Å². The zero-order chi connectivity index (χ0) is 22.4. The van der Waals surface area contributed by atoms with Crippen LogP contribution in [-0.4, -0.2) is 39.8 Å². The Morgan fingerprint density at radius 1 is 1.06 bits per heavy atom. The van der Waals surface area contributed by atoms with Crippen molar-refractivity contribution in [2.75, 3.05) is 12.4 Å². The monoisotopic (exact) mass is 420 g/mol. The number of carbonyl (C=O) groups is 3. The molecule has 1 heterocycles. The lowest BCUT2D eigenvalue weighted by molar-refractivity contribution is 0.0596. The van der Waals surface area contributed by atoms with Crippen LogP contribution in [0.3, 0.4) is 0 Å². The molecule has 2 aromatic carbocycles. The average Bonchev–Trinajstić information content (AvgIpc) is 3.14. The number of methoxy groups -OCH3 is 1. The van der Waals surface area contributed by atoms with Crippen molar-refractivity contribution in [1.29, 1.82) is 0 Å². The number of anilines is 1. The van der Waals surface area contributed by atoms with Crippen LogP contribution >= 0.6 is 0 Å². The summed E-state index contributed by atoms with van der Waals surface area (Å²) < 4.78 is 6.45. The highest BCUT2D eigenvalue weighted by atomic mass is 16.5. The van der Waals surface area contributed by atoms with Crippen molar-refractivity contribution >= 4 is 23.3 Å². The Bertz CT molecular complexity index is 1110. The van der Waals surface area contributed by atoms with Gasteiger partial charge in [0.05, 0.1) is 24.9 Å². The fourth-order valence-corrected chi connectivity index (χ4v) is 3.17. The number of hydrogen-bond donors (Lipinski definition) is 1. The first-order valence-electron chi connectivity index (χ1n) is 9.95. The number of aromatic nitrogens is 3. The van der Waals surface area contributed by atoms with Crippen molar-refractivity contribution in [3.8, 4) is 0 Å². The number of nitrogens with zero attached hydrogens (tertiary/aromatic N) is 3. The first-order valence-corrected chi connectivity index (χ1v) is 9.95. The van der Waals surface area contributed by atoms with Crippen LogP contribution in [0.4, 0.5) is 5.69 Å². The third kappa shape index (κ3) is 5.03. The lowest BCUT2D eigenvalue weighted by Crippen LogP contribution is -2.16. The van der Waals surface area contributed by atoms with E-state index < -0.39 is 11.9 Å². The Kier molecular flexibility index (Phi) is 6.92. The van der Waals surface area contributed by atoms with E-state index >= 15 is 0 Å². The summed E-state index contributed by atoms with van der Waals surface area (Å²) in [5.41, 5.74) is 2.58. The molecule has 0 bridgehead atoms. The number of nitrogens with one attached hydrogen (secondary N) is 1. The maximum atomic E-state index is 12.8. The zero-order valence-corrected chi connectivity index (χ0v) is 17.7. The molecule has 0 fully saturated rings. The highest BCUT2D eigenvalue weighted by molar-refractivity contribution is 6.08. The normalized spacial score (nSPS) is 10.5. The molecule has 8 nitrogen and oxygen atoms in total. The van der Waals surface area contributed by atoms with E-state index in [-0.39, 0.29) is 22.6 Å². The van der Waals surface area contributed by atoms with Crippen LogP contribution in [0.5, 0.6) is 0 Å². The summed E-state index contributed by atoms with van der Waals surface area (Å²) in [6, 6.07) is 14.3. The van der Waals surface area contributed by atoms with Gasteiger partial charge in [-0.1, -0.05) is 42.5 Å². The molecule has 0 spiro atoms. The van der Waals surface area contributed by atoms with E-state index in [0.717, 1.165) is 5.56 Å². The third-order valence-corrected chi connectivity index (χ3v) is 4.83. The van der Waals surface area contributed by atoms with Crippen molar-refractivity contribution in [2.24, 2.45) is 0 Å². The number of rotatable bonds is 8. The minimum atomic E-state index is -0.638. The van der Waals surface area contributed by atoms with Gasteiger partial charge >= 0.3 is 5.97 Å². The number of esters is 1. The number of amides is 1. The summed E-state index contributed by atoms with van der Waals surface area (Å²) in [5.74, 6) is -1.25. The first-order chi connectivity index (χ1) is 14.9. The quantitative estimate of drug-likeness (QED) is 0.441. The maximum Gasteiger partial charge on any atom is 0.338 e. The van der Waals surface area contributed by atoms with Crippen molar-refractivity contribution < 1.29 is 19.1 Å². The predicted molar refractivity (Wildman–Crippen MR) is 115 cm³/mol. The highest BCUT2D eigenvalue weighted by Crippen LogP contribution is 2.20. The topological polar surface area (TPSA) is 103 Å². The molecule has 0 saturated carbocycles. The van der Waals surface area contributed by atoms with E-state index in [0.29, 0.717) is 30.8 Å². The molecule has 0 aliphatic rings.